The zero-order chi connectivity index (χ0) is 14.2. The summed E-state index contributed by atoms with van der Waals surface area (Å²) < 4.78 is 16.1. The molecule has 0 amide bonds. The van der Waals surface area contributed by atoms with Gasteiger partial charge in [-0.25, -0.2) is 0 Å². The number of hydrogen-bond donors (Lipinski definition) is 2. The van der Waals surface area contributed by atoms with Crippen LogP contribution in [-0.4, -0.2) is 68.7 Å². The van der Waals surface area contributed by atoms with Crippen LogP contribution in [0.3, 0.4) is 0 Å². The lowest BCUT2D eigenvalue weighted by atomic mass is 10.2. The molecule has 0 spiro atoms. The Balaban J connectivity index is 1.50. The van der Waals surface area contributed by atoms with E-state index in [-0.39, 0.29) is 6.10 Å². The van der Waals surface area contributed by atoms with Crippen molar-refractivity contribution in [2.75, 3.05) is 46.4 Å². The van der Waals surface area contributed by atoms with Crippen molar-refractivity contribution < 1.29 is 19.0 Å². The van der Waals surface area contributed by atoms with Crippen molar-refractivity contribution in [1.82, 2.24) is 10.2 Å². The first-order chi connectivity index (χ1) is 9.74. The van der Waals surface area contributed by atoms with Crippen LogP contribution in [0.4, 0.5) is 0 Å². The Labute approximate surface area is 119 Å². The van der Waals surface area contributed by atoms with Gasteiger partial charge in [0.15, 0.2) is 0 Å². The molecule has 0 radical (unpaired) electrons. The van der Waals surface area contributed by atoms with Crippen LogP contribution < -0.4 is 5.32 Å². The third-order valence-corrected chi connectivity index (χ3v) is 3.23. The summed E-state index contributed by atoms with van der Waals surface area (Å²) in [5.41, 5.74) is 0. The molecule has 0 saturated carbocycles. The summed E-state index contributed by atoms with van der Waals surface area (Å²) in [5.74, 6) is 0.767. The van der Waals surface area contributed by atoms with E-state index in [4.69, 9.17) is 13.9 Å². The highest BCUT2D eigenvalue weighted by Crippen LogP contribution is 2.03. The summed E-state index contributed by atoms with van der Waals surface area (Å²) in [6.45, 7) is 4.62. The molecule has 1 fully saturated rings. The largest absolute Gasteiger partial charge is 0.467 e. The molecule has 2 heterocycles. The van der Waals surface area contributed by atoms with E-state index in [0.717, 1.165) is 32.0 Å². The molecule has 0 unspecified atom stereocenters. The van der Waals surface area contributed by atoms with Crippen LogP contribution in [0.1, 0.15) is 5.76 Å². The summed E-state index contributed by atoms with van der Waals surface area (Å²) >= 11 is 0. The van der Waals surface area contributed by atoms with Crippen LogP contribution in [0.5, 0.6) is 0 Å². The number of furan rings is 1. The highest BCUT2D eigenvalue weighted by atomic mass is 16.5. The molecule has 20 heavy (non-hydrogen) atoms. The van der Waals surface area contributed by atoms with E-state index < -0.39 is 6.10 Å². The molecule has 1 aromatic heterocycles. The van der Waals surface area contributed by atoms with Gasteiger partial charge in [-0.3, -0.25) is 0 Å². The van der Waals surface area contributed by atoms with Crippen molar-refractivity contribution in [1.29, 1.82) is 0 Å². The minimum Gasteiger partial charge on any atom is -0.467 e. The first-order valence-corrected chi connectivity index (χ1v) is 7.03. The maximum absolute atomic E-state index is 9.79. The third-order valence-electron chi connectivity index (χ3n) is 3.23. The predicted octanol–water partition coefficient (Wildman–Crippen LogP) is 0.0773. The van der Waals surface area contributed by atoms with Crippen LogP contribution >= 0.6 is 0 Å². The molecule has 1 aliphatic heterocycles. The number of ether oxygens (including phenoxy) is 2. The van der Waals surface area contributed by atoms with Gasteiger partial charge in [-0.2, -0.15) is 0 Å². The SMILES string of the molecule is CN1CCO[C@H](CNC[C@@H](O)COCc2ccco2)C1. The van der Waals surface area contributed by atoms with Crippen LogP contribution in [0.2, 0.25) is 0 Å². The number of aliphatic hydroxyl groups excluding tert-OH is 1. The molecule has 1 aliphatic rings. The van der Waals surface area contributed by atoms with E-state index in [1.165, 1.54) is 0 Å². The second kappa shape index (κ2) is 8.39. The number of nitrogens with zero attached hydrogens (tertiary/aromatic N) is 1. The van der Waals surface area contributed by atoms with Gasteiger partial charge in [-0.1, -0.05) is 0 Å². The lowest BCUT2D eigenvalue weighted by Crippen LogP contribution is -2.46. The second-order valence-electron chi connectivity index (χ2n) is 5.16. The van der Waals surface area contributed by atoms with Crippen LogP contribution in [-0.2, 0) is 16.1 Å². The smallest absolute Gasteiger partial charge is 0.129 e. The molecule has 1 saturated heterocycles. The number of hydrogen-bond acceptors (Lipinski definition) is 6. The number of morpholine rings is 1. The Bertz CT molecular complexity index is 358. The van der Waals surface area contributed by atoms with Gasteiger partial charge in [0.05, 0.1) is 31.7 Å². The van der Waals surface area contributed by atoms with Crippen LogP contribution in [0, 0.1) is 0 Å². The monoisotopic (exact) mass is 284 g/mol. The number of nitrogens with one attached hydrogen (secondary N) is 1. The van der Waals surface area contributed by atoms with E-state index in [1.54, 1.807) is 6.26 Å². The first kappa shape index (κ1) is 15.5. The first-order valence-electron chi connectivity index (χ1n) is 7.03. The van der Waals surface area contributed by atoms with Gasteiger partial charge in [0.1, 0.15) is 12.4 Å². The van der Waals surface area contributed by atoms with Crippen LogP contribution in [0.15, 0.2) is 22.8 Å². The Morgan fingerprint density at radius 1 is 1.60 bits per heavy atom. The highest BCUT2D eigenvalue weighted by molar-refractivity contribution is 4.96. The maximum atomic E-state index is 9.79. The van der Waals surface area contributed by atoms with E-state index in [2.05, 4.69) is 17.3 Å². The Hall–Kier alpha value is -0.920. The van der Waals surface area contributed by atoms with Gasteiger partial charge in [-0.05, 0) is 19.2 Å². The number of likely N-dealkylation sites (N-methyl/N-ethyl adjacent to an activating group) is 1. The molecule has 0 bridgehead atoms. The van der Waals surface area contributed by atoms with Crippen molar-refractivity contribution in [2.45, 2.75) is 18.8 Å². The maximum Gasteiger partial charge on any atom is 0.129 e. The second-order valence-corrected chi connectivity index (χ2v) is 5.16. The fourth-order valence-corrected chi connectivity index (χ4v) is 2.15. The van der Waals surface area contributed by atoms with Gasteiger partial charge >= 0.3 is 0 Å². The molecule has 6 heteroatoms. The molecule has 6 nitrogen and oxygen atoms in total. The summed E-state index contributed by atoms with van der Waals surface area (Å²) in [6, 6.07) is 3.67. The highest BCUT2D eigenvalue weighted by Gasteiger charge is 2.17. The number of rotatable bonds is 8. The van der Waals surface area contributed by atoms with E-state index in [0.29, 0.717) is 19.8 Å². The predicted molar refractivity (Wildman–Crippen MR) is 74.5 cm³/mol. The van der Waals surface area contributed by atoms with E-state index in [1.807, 2.05) is 12.1 Å². The zero-order valence-corrected chi connectivity index (χ0v) is 12.0. The Morgan fingerprint density at radius 2 is 2.50 bits per heavy atom. The summed E-state index contributed by atoms with van der Waals surface area (Å²) in [5, 5.41) is 13.0. The molecule has 2 N–H and O–H groups in total. The van der Waals surface area contributed by atoms with Gasteiger partial charge in [-0.15, -0.1) is 0 Å². The molecule has 0 aromatic carbocycles. The van der Waals surface area contributed by atoms with Crippen molar-refractivity contribution in [3.8, 4) is 0 Å². The molecular formula is C14H24N2O4. The van der Waals surface area contributed by atoms with Crippen molar-refractivity contribution in [3.63, 3.8) is 0 Å². The van der Waals surface area contributed by atoms with Crippen molar-refractivity contribution in [2.24, 2.45) is 0 Å². The lowest BCUT2D eigenvalue weighted by molar-refractivity contribution is -0.0214. The normalized spacial score (nSPS) is 22.0. The quantitative estimate of drug-likeness (QED) is 0.704. The topological polar surface area (TPSA) is 67.1 Å². The van der Waals surface area contributed by atoms with Gasteiger partial charge in [0, 0.05) is 26.2 Å². The summed E-state index contributed by atoms with van der Waals surface area (Å²) in [4.78, 5) is 2.25. The lowest BCUT2D eigenvalue weighted by Gasteiger charge is -2.30. The standard InChI is InChI=1S/C14H24N2O4/c1-16-4-6-20-14(9-16)8-15-7-12(17)10-18-11-13-3-2-5-19-13/h2-3,5,12,14-15,17H,4,6-11H2,1H3/t12-,14-/m1/s1. The van der Waals surface area contributed by atoms with Gasteiger partial charge in [0.25, 0.3) is 0 Å². The molecule has 1 aromatic rings. The Morgan fingerprint density at radius 3 is 3.25 bits per heavy atom. The van der Waals surface area contributed by atoms with Crippen molar-refractivity contribution >= 4 is 0 Å². The average Bonchev–Trinajstić information content (AvgIpc) is 2.92. The van der Waals surface area contributed by atoms with Gasteiger partial charge in [0.2, 0.25) is 0 Å². The van der Waals surface area contributed by atoms with E-state index >= 15 is 0 Å². The van der Waals surface area contributed by atoms with Crippen molar-refractivity contribution in [3.05, 3.63) is 24.2 Å². The third kappa shape index (κ3) is 5.60. The minimum absolute atomic E-state index is 0.199. The molecular weight excluding hydrogens is 260 g/mol. The zero-order valence-electron chi connectivity index (χ0n) is 12.0. The number of aliphatic hydroxyl groups is 1. The Kier molecular flexibility index (Phi) is 6.49. The fourth-order valence-electron chi connectivity index (χ4n) is 2.15. The minimum atomic E-state index is -0.522. The molecule has 2 atom stereocenters. The summed E-state index contributed by atoms with van der Waals surface area (Å²) in [6.07, 6.45) is 1.29. The fraction of sp³-hybridized carbons (Fsp3) is 0.714. The molecule has 2 rings (SSSR count). The van der Waals surface area contributed by atoms with Crippen LogP contribution in [0.25, 0.3) is 0 Å². The summed E-state index contributed by atoms with van der Waals surface area (Å²) in [7, 11) is 2.09. The molecule has 0 aliphatic carbocycles. The average molecular weight is 284 g/mol. The van der Waals surface area contributed by atoms with E-state index in [9.17, 15) is 5.11 Å². The molecule has 114 valence electrons. The van der Waals surface area contributed by atoms with Gasteiger partial charge < -0.3 is 29.2 Å².